The largest absolute Gasteiger partial charge is 0.474 e. The lowest BCUT2D eigenvalue weighted by Gasteiger charge is -2.32. The molecule has 2 aliphatic carbocycles. The molecule has 1 fully saturated rings. The fourth-order valence-electron chi connectivity index (χ4n) is 4.59. The number of aliphatic hydroxyl groups excluding tert-OH is 1. The third-order valence-electron chi connectivity index (χ3n) is 6.18. The maximum Gasteiger partial charge on any atom is 0.246 e. The zero-order valence-corrected chi connectivity index (χ0v) is 17.2. The number of primary amides is 1. The first kappa shape index (κ1) is 19.5. The summed E-state index contributed by atoms with van der Waals surface area (Å²) in [6.07, 6.45) is 7.08. The summed E-state index contributed by atoms with van der Waals surface area (Å²) in [6.45, 7) is 0. The Morgan fingerprint density at radius 3 is 2.75 bits per heavy atom. The van der Waals surface area contributed by atoms with E-state index in [1.807, 2.05) is 0 Å². The Labute approximate surface area is 168 Å². The molecule has 2 aromatic heterocycles. The molecule has 0 aliphatic heterocycles. The number of thiophene rings is 1. The van der Waals surface area contributed by atoms with Crippen molar-refractivity contribution >= 4 is 27.5 Å². The molecule has 1 unspecified atom stereocenters. The first-order chi connectivity index (χ1) is 13.4. The van der Waals surface area contributed by atoms with Crippen molar-refractivity contribution < 1.29 is 14.6 Å². The normalized spacial score (nSPS) is 25.8. The Morgan fingerprint density at radius 2 is 2.07 bits per heavy atom. The summed E-state index contributed by atoms with van der Waals surface area (Å²) >= 11 is 1.67. The second-order valence-corrected chi connectivity index (χ2v) is 9.28. The van der Waals surface area contributed by atoms with Crippen molar-refractivity contribution in [3.05, 3.63) is 16.8 Å². The topological polar surface area (TPSA) is 102 Å². The van der Waals surface area contributed by atoms with E-state index < -0.39 is 12.0 Å². The Balaban J connectivity index is 1.58. The van der Waals surface area contributed by atoms with Gasteiger partial charge in [0.05, 0.1) is 5.39 Å². The average Bonchev–Trinajstić information content (AvgIpc) is 3.22. The van der Waals surface area contributed by atoms with Crippen LogP contribution in [0, 0.1) is 0 Å². The summed E-state index contributed by atoms with van der Waals surface area (Å²) in [5.74, 6) is 0.0682. The number of hydrogen-bond donors (Lipinski definition) is 2. The lowest BCUT2D eigenvalue weighted by Crippen LogP contribution is -2.35. The van der Waals surface area contributed by atoms with Gasteiger partial charge in [-0.05, 0) is 70.5 Å². The highest BCUT2D eigenvalue weighted by Gasteiger charge is 2.33. The van der Waals surface area contributed by atoms with Crippen LogP contribution >= 0.6 is 11.3 Å². The first-order valence-electron chi connectivity index (χ1n) is 10.0. The summed E-state index contributed by atoms with van der Waals surface area (Å²) in [7, 11) is 4.27. The number of rotatable bonds is 6. The molecule has 2 aliphatic rings. The van der Waals surface area contributed by atoms with Crippen molar-refractivity contribution in [3.8, 4) is 5.88 Å². The predicted molar refractivity (Wildman–Crippen MR) is 109 cm³/mol. The number of hydrogen-bond acceptors (Lipinski definition) is 7. The summed E-state index contributed by atoms with van der Waals surface area (Å²) in [6, 6.07) is 0.621. The van der Waals surface area contributed by atoms with E-state index in [1.165, 1.54) is 4.88 Å². The van der Waals surface area contributed by atoms with E-state index in [1.54, 1.807) is 17.7 Å². The van der Waals surface area contributed by atoms with Crippen LogP contribution < -0.4 is 10.5 Å². The maximum atomic E-state index is 11.3. The molecule has 4 rings (SSSR count). The third kappa shape index (κ3) is 3.73. The molecule has 28 heavy (non-hydrogen) atoms. The van der Waals surface area contributed by atoms with Crippen molar-refractivity contribution in [2.75, 3.05) is 14.1 Å². The van der Waals surface area contributed by atoms with Gasteiger partial charge < -0.3 is 20.5 Å². The molecular weight excluding hydrogens is 376 g/mol. The van der Waals surface area contributed by atoms with E-state index >= 15 is 0 Å². The number of fused-ring (bicyclic) bond motifs is 3. The number of nitrogens with zero attached hydrogens (tertiary/aromatic N) is 3. The highest BCUT2D eigenvalue weighted by Crippen LogP contribution is 2.47. The van der Waals surface area contributed by atoms with Crippen LogP contribution in [0.4, 0.5) is 0 Å². The Kier molecular flexibility index (Phi) is 5.53. The van der Waals surface area contributed by atoms with Crippen LogP contribution in [0.5, 0.6) is 5.88 Å². The quantitative estimate of drug-likeness (QED) is 0.765. The van der Waals surface area contributed by atoms with Crippen molar-refractivity contribution in [2.45, 2.75) is 69.1 Å². The monoisotopic (exact) mass is 404 g/mol. The van der Waals surface area contributed by atoms with Crippen LogP contribution in [0.15, 0.2) is 6.33 Å². The lowest BCUT2D eigenvalue weighted by molar-refractivity contribution is -0.126. The van der Waals surface area contributed by atoms with Crippen LogP contribution in [0.2, 0.25) is 0 Å². The lowest BCUT2D eigenvalue weighted by atomic mass is 9.92. The summed E-state index contributed by atoms with van der Waals surface area (Å²) in [5, 5.41) is 11.0. The van der Waals surface area contributed by atoms with Gasteiger partial charge >= 0.3 is 0 Å². The van der Waals surface area contributed by atoms with Crippen molar-refractivity contribution in [1.29, 1.82) is 0 Å². The van der Waals surface area contributed by atoms with E-state index in [0.717, 1.165) is 54.3 Å². The molecule has 0 aromatic carbocycles. The van der Waals surface area contributed by atoms with Crippen LogP contribution in [0.1, 0.15) is 54.9 Å². The molecule has 0 radical (unpaired) electrons. The molecule has 0 saturated heterocycles. The van der Waals surface area contributed by atoms with Crippen LogP contribution in [-0.2, 0) is 11.2 Å². The second kappa shape index (κ2) is 7.93. The van der Waals surface area contributed by atoms with Gasteiger partial charge in [0, 0.05) is 10.9 Å². The second-order valence-electron chi connectivity index (χ2n) is 8.20. The number of aryl methyl sites for hydroxylation is 1. The van der Waals surface area contributed by atoms with Gasteiger partial charge in [-0.1, -0.05) is 0 Å². The van der Waals surface area contributed by atoms with E-state index in [0.29, 0.717) is 18.3 Å². The number of carbonyl (C=O) groups excluding carboxylic acids is 1. The third-order valence-corrected chi connectivity index (χ3v) is 7.36. The molecule has 0 bridgehead atoms. The first-order valence-corrected chi connectivity index (χ1v) is 10.8. The molecule has 3 N–H and O–H groups in total. The predicted octanol–water partition coefficient (Wildman–Crippen LogP) is 2.21. The molecule has 1 saturated carbocycles. The SMILES string of the molecule is CN(C)C1CCC(Oc2ncnc3sc4c(c23)[C@@H](CC(O)C(N)=O)CC4)CC1. The van der Waals surface area contributed by atoms with E-state index in [4.69, 9.17) is 10.5 Å². The summed E-state index contributed by atoms with van der Waals surface area (Å²) < 4.78 is 6.36. The number of ether oxygens (including phenoxy) is 1. The van der Waals surface area contributed by atoms with Crippen molar-refractivity contribution in [1.82, 2.24) is 14.9 Å². The van der Waals surface area contributed by atoms with Crippen molar-refractivity contribution in [3.63, 3.8) is 0 Å². The number of amides is 1. The molecule has 2 heterocycles. The molecule has 1 amide bonds. The molecule has 2 atom stereocenters. The number of carbonyl (C=O) groups is 1. The van der Waals surface area contributed by atoms with Gasteiger partial charge in [-0.15, -0.1) is 11.3 Å². The van der Waals surface area contributed by atoms with Crippen molar-refractivity contribution in [2.24, 2.45) is 5.73 Å². The standard InChI is InChI=1S/C20H28N4O3S/c1-24(2)12-4-6-13(7-5-12)27-19-17-16-11(9-14(25)18(21)26)3-8-15(16)28-20(17)23-10-22-19/h10-14,25H,3-9H2,1-2H3,(H2,21,26)/t11-,12?,13?,14?/m1/s1. The molecular formula is C20H28N4O3S. The molecule has 0 spiro atoms. The number of aromatic nitrogens is 2. The Morgan fingerprint density at radius 1 is 1.32 bits per heavy atom. The highest BCUT2D eigenvalue weighted by molar-refractivity contribution is 7.19. The Bertz CT molecular complexity index is 860. The van der Waals surface area contributed by atoms with Gasteiger partial charge in [-0.2, -0.15) is 0 Å². The minimum atomic E-state index is -1.12. The summed E-state index contributed by atoms with van der Waals surface area (Å²) in [4.78, 5) is 24.7. The van der Waals surface area contributed by atoms with Gasteiger partial charge in [-0.3, -0.25) is 4.79 Å². The Hall–Kier alpha value is -1.77. The zero-order valence-electron chi connectivity index (χ0n) is 16.4. The highest BCUT2D eigenvalue weighted by atomic mass is 32.1. The van der Waals surface area contributed by atoms with Gasteiger partial charge in [-0.25, -0.2) is 9.97 Å². The molecule has 2 aromatic rings. The number of aliphatic hydroxyl groups is 1. The molecule has 152 valence electrons. The fraction of sp³-hybridized carbons (Fsp3) is 0.650. The zero-order chi connectivity index (χ0) is 19.8. The van der Waals surface area contributed by atoms with Crippen LogP contribution in [0.3, 0.4) is 0 Å². The van der Waals surface area contributed by atoms with Crippen LogP contribution in [-0.4, -0.2) is 58.2 Å². The van der Waals surface area contributed by atoms with E-state index in [9.17, 15) is 9.90 Å². The minimum Gasteiger partial charge on any atom is -0.474 e. The van der Waals surface area contributed by atoms with Gasteiger partial charge in [0.1, 0.15) is 23.4 Å². The van der Waals surface area contributed by atoms with Gasteiger partial charge in [0.25, 0.3) is 0 Å². The van der Waals surface area contributed by atoms with E-state index in [-0.39, 0.29) is 12.0 Å². The fourth-order valence-corrected chi connectivity index (χ4v) is 5.82. The van der Waals surface area contributed by atoms with Gasteiger partial charge in [0.15, 0.2) is 0 Å². The molecule has 8 heteroatoms. The summed E-state index contributed by atoms with van der Waals surface area (Å²) in [5.41, 5.74) is 6.42. The average molecular weight is 405 g/mol. The smallest absolute Gasteiger partial charge is 0.246 e. The minimum absolute atomic E-state index is 0.0871. The number of nitrogens with two attached hydrogens (primary N) is 1. The molecule has 7 nitrogen and oxygen atoms in total. The maximum absolute atomic E-state index is 11.3. The van der Waals surface area contributed by atoms with E-state index in [2.05, 4.69) is 29.0 Å². The van der Waals surface area contributed by atoms with Gasteiger partial charge in [0.2, 0.25) is 11.8 Å². The van der Waals surface area contributed by atoms with Crippen LogP contribution in [0.25, 0.3) is 10.2 Å².